The molecule has 3 nitrogen and oxygen atoms in total. The van der Waals surface area contributed by atoms with Crippen LogP contribution in [-0.4, -0.2) is 28.6 Å². The average Bonchev–Trinajstić information content (AvgIpc) is 2.29. The van der Waals surface area contributed by atoms with Crippen molar-refractivity contribution in [3.05, 3.63) is 29.8 Å². The molecule has 0 spiro atoms. The predicted molar refractivity (Wildman–Crippen MR) is 69.9 cm³/mol. The van der Waals surface area contributed by atoms with E-state index in [0.717, 1.165) is 24.9 Å². The molecular weight excluding hydrogens is 212 g/mol. The molecule has 0 aliphatic carbocycles. The Balaban J connectivity index is 2.15. The molecule has 1 heterocycles. The fourth-order valence-corrected chi connectivity index (χ4v) is 2.82. The molecule has 2 rings (SSSR count). The summed E-state index contributed by atoms with van der Waals surface area (Å²) in [6.45, 7) is 5.38. The van der Waals surface area contributed by atoms with Gasteiger partial charge < -0.3 is 10.8 Å². The SMILES string of the molecule is CC1CC(N)CCN1C(C)c1ccccc1O. The Hall–Kier alpha value is -1.06. The third-order valence-corrected chi connectivity index (χ3v) is 3.85. The second-order valence-electron chi connectivity index (χ2n) is 5.11. The molecule has 1 fully saturated rings. The number of benzene rings is 1. The molecule has 1 aliphatic heterocycles. The normalized spacial score (nSPS) is 27.9. The van der Waals surface area contributed by atoms with Crippen molar-refractivity contribution in [1.82, 2.24) is 4.90 Å². The topological polar surface area (TPSA) is 49.5 Å². The molecule has 1 aromatic carbocycles. The second kappa shape index (κ2) is 5.07. The first-order valence-electron chi connectivity index (χ1n) is 6.39. The number of hydrogen-bond donors (Lipinski definition) is 2. The van der Waals surface area contributed by atoms with Crippen LogP contribution in [-0.2, 0) is 0 Å². The molecule has 3 heteroatoms. The van der Waals surface area contributed by atoms with Crippen LogP contribution in [0.1, 0.15) is 38.3 Å². The quantitative estimate of drug-likeness (QED) is 0.825. The predicted octanol–water partition coefficient (Wildman–Crippen LogP) is 2.26. The Morgan fingerprint density at radius 2 is 2.12 bits per heavy atom. The first-order chi connectivity index (χ1) is 8.09. The van der Waals surface area contributed by atoms with Crippen molar-refractivity contribution in [2.24, 2.45) is 5.73 Å². The van der Waals surface area contributed by atoms with Gasteiger partial charge >= 0.3 is 0 Å². The van der Waals surface area contributed by atoms with Gasteiger partial charge in [-0.2, -0.15) is 0 Å². The van der Waals surface area contributed by atoms with Gasteiger partial charge in [0.1, 0.15) is 5.75 Å². The zero-order valence-electron chi connectivity index (χ0n) is 10.6. The number of nitrogens with two attached hydrogens (primary N) is 1. The van der Waals surface area contributed by atoms with E-state index < -0.39 is 0 Å². The van der Waals surface area contributed by atoms with Crippen molar-refractivity contribution >= 4 is 0 Å². The van der Waals surface area contributed by atoms with Gasteiger partial charge in [0.2, 0.25) is 0 Å². The van der Waals surface area contributed by atoms with Gasteiger partial charge in [-0.25, -0.2) is 0 Å². The number of aromatic hydroxyl groups is 1. The molecule has 0 radical (unpaired) electrons. The third-order valence-electron chi connectivity index (χ3n) is 3.85. The highest BCUT2D eigenvalue weighted by Gasteiger charge is 2.28. The van der Waals surface area contributed by atoms with Crippen LogP contribution in [0.2, 0.25) is 0 Å². The summed E-state index contributed by atoms with van der Waals surface area (Å²) in [6.07, 6.45) is 2.08. The van der Waals surface area contributed by atoms with Crippen LogP contribution in [0, 0.1) is 0 Å². The molecule has 94 valence electrons. The molecule has 0 aromatic heterocycles. The van der Waals surface area contributed by atoms with Crippen molar-refractivity contribution in [2.75, 3.05) is 6.54 Å². The van der Waals surface area contributed by atoms with E-state index in [1.165, 1.54) is 0 Å². The first-order valence-corrected chi connectivity index (χ1v) is 6.39. The number of hydrogen-bond acceptors (Lipinski definition) is 3. The van der Waals surface area contributed by atoms with E-state index in [9.17, 15) is 5.11 Å². The molecule has 3 N–H and O–H groups in total. The van der Waals surface area contributed by atoms with Crippen LogP contribution < -0.4 is 5.73 Å². The minimum Gasteiger partial charge on any atom is -0.508 e. The Morgan fingerprint density at radius 3 is 2.76 bits per heavy atom. The Bertz CT molecular complexity index is 380. The monoisotopic (exact) mass is 234 g/mol. The Labute approximate surface area is 103 Å². The van der Waals surface area contributed by atoms with Gasteiger partial charge in [-0.15, -0.1) is 0 Å². The Morgan fingerprint density at radius 1 is 1.41 bits per heavy atom. The van der Waals surface area contributed by atoms with Crippen LogP contribution >= 0.6 is 0 Å². The average molecular weight is 234 g/mol. The molecule has 0 bridgehead atoms. The number of likely N-dealkylation sites (tertiary alicyclic amines) is 1. The molecule has 17 heavy (non-hydrogen) atoms. The molecule has 1 aliphatic rings. The third kappa shape index (κ3) is 2.61. The van der Waals surface area contributed by atoms with E-state index in [4.69, 9.17) is 5.73 Å². The van der Waals surface area contributed by atoms with E-state index in [1.54, 1.807) is 6.07 Å². The van der Waals surface area contributed by atoms with Gasteiger partial charge in [-0.1, -0.05) is 18.2 Å². The largest absolute Gasteiger partial charge is 0.508 e. The summed E-state index contributed by atoms with van der Waals surface area (Å²) in [4.78, 5) is 2.43. The number of piperidine rings is 1. The smallest absolute Gasteiger partial charge is 0.120 e. The summed E-state index contributed by atoms with van der Waals surface area (Å²) in [5.41, 5.74) is 6.99. The Kier molecular flexibility index (Phi) is 3.69. The number of nitrogens with zero attached hydrogens (tertiary/aromatic N) is 1. The zero-order chi connectivity index (χ0) is 12.4. The minimum atomic E-state index is 0.249. The molecule has 0 saturated carbocycles. The lowest BCUT2D eigenvalue weighted by atomic mass is 9.95. The van der Waals surface area contributed by atoms with Crippen LogP contribution in [0.5, 0.6) is 5.75 Å². The summed E-state index contributed by atoms with van der Waals surface area (Å²) < 4.78 is 0. The lowest BCUT2D eigenvalue weighted by Crippen LogP contribution is -2.46. The van der Waals surface area contributed by atoms with Gasteiger partial charge in [-0.05, 0) is 32.8 Å². The molecule has 1 saturated heterocycles. The number of para-hydroxylation sites is 1. The fraction of sp³-hybridized carbons (Fsp3) is 0.571. The summed E-state index contributed by atoms with van der Waals surface area (Å²) in [5, 5.41) is 9.90. The van der Waals surface area contributed by atoms with Gasteiger partial charge in [0.15, 0.2) is 0 Å². The van der Waals surface area contributed by atoms with E-state index in [0.29, 0.717) is 17.8 Å². The molecule has 3 unspecified atom stereocenters. The van der Waals surface area contributed by atoms with Crippen molar-refractivity contribution in [3.8, 4) is 5.75 Å². The maximum absolute atomic E-state index is 9.90. The van der Waals surface area contributed by atoms with Crippen molar-refractivity contribution in [2.45, 2.75) is 44.8 Å². The molecule has 1 aromatic rings. The van der Waals surface area contributed by atoms with Gasteiger partial charge in [0, 0.05) is 30.2 Å². The van der Waals surface area contributed by atoms with Gasteiger partial charge in [0.05, 0.1) is 0 Å². The summed E-state index contributed by atoms with van der Waals surface area (Å²) in [6, 6.07) is 8.66. The number of rotatable bonds is 2. The maximum Gasteiger partial charge on any atom is 0.120 e. The van der Waals surface area contributed by atoms with Gasteiger partial charge in [0.25, 0.3) is 0 Å². The highest BCUT2D eigenvalue weighted by atomic mass is 16.3. The van der Waals surface area contributed by atoms with Crippen molar-refractivity contribution < 1.29 is 5.11 Å². The van der Waals surface area contributed by atoms with Crippen LogP contribution in [0.15, 0.2) is 24.3 Å². The summed E-state index contributed by atoms with van der Waals surface area (Å²) >= 11 is 0. The number of phenols is 1. The van der Waals surface area contributed by atoms with Crippen molar-refractivity contribution in [1.29, 1.82) is 0 Å². The fourth-order valence-electron chi connectivity index (χ4n) is 2.82. The summed E-state index contributed by atoms with van der Waals surface area (Å²) in [7, 11) is 0. The lowest BCUT2D eigenvalue weighted by molar-refractivity contribution is 0.103. The van der Waals surface area contributed by atoms with E-state index in [-0.39, 0.29) is 6.04 Å². The minimum absolute atomic E-state index is 0.249. The van der Waals surface area contributed by atoms with Crippen molar-refractivity contribution in [3.63, 3.8) is 0 Å². The molecular formula is C14H22N2O. The molecule has 3 atom stereocenters. The van der Waals surface area contributed by atoms with Crippen LogP contribution in [0.4, 0.5) is 0 Å². The number of phenolic OH excluding ortho intramolecular Hbond substituents is 1. The van der Waals surface area contributed by atoms with E-state index in [2.05, 4.69) is 18.7 Å². The zero-order valence-corrected chi connectivity index (χ0v) is 10.6. The second-order valence-corrected chi connectivity index (χ2v) is 5.11. The lowest BCUT2D eigenvalue weighted by Gasteiger charge is -2.40. The highest BCUT2D eigenvalue weighted by Crippen LogP contribution is 2.32. The molecule has 0 amide bonds. The van der Waals surface area contributed by atoms with Crippen LogP contribution in [0.25, 0.3) is 0 Å². The van der Waals surface area contributed by atoms with E-state index in [1.807, 2.05) is 18.2 Å². The van der Waals surface area contributed by atoms with E-state index >= 15 is 0 Å². The highest BCUT2D eigenvalue weighted by molar-refractivity contribution is 5.34. The summed E-state index contributed by atoms with van der Waals surface area (Å²) in [5.74, 6) is 0.391. The maximum atomic E-state index is 9.90. The van der Waals surface area contributed by atoms with Gasteiger partial charge in [-0.3, -0.25) is 4.90 Å². The van der Waals surface area contributed by atoms with Crippen LogP contribution in [0.3, 0.4) is 0 Å². The standard InChI is InChI=1S/C14H22N2O/c1-10-9-12(15)7-8-16(10)11(2)13-5-3-4-6-14(13)17/h3-6,10-12,17H,7-9,15H2,1-2H3. The first kappa shape index (κ1) is 12.4.